The molecule has 1 saturated heterocycles. The van der Waals surface area contributed by atoms with Crippen molar-refractivity contribution in [2.75, 3.05) is 13.2 Å². The first-order chi connectivity index (χ1) is 10.3. The molecule has 4 nitrogen and oxygen atoms in total. The van der Waals surface area contributed by atoms with Crippen LogP contribution in [-0.4, -0.2) is 30.1 Å². The highest BCUT2D eigenvalue weighted by atomic mass is 32.1. The molecule has 1 aromatic heterocycles. The van der Waals surface area contributed by atoms with Crippen molar-refractivity contribution in [3.8, 4) is 0 Å². The zero-order valence-corrected chi connectivity index (χ0v) is 12.6. The molecule has 2 aliphatic rings. The zero-order chi connectivity index (χ0) is 14.3. The van der Waals surface area contributed by atoms with Crippen LogP contribution < -0.4 is 5.32 Å². The van der Waals surface area contributed by atoms with Crippen molar-refractivity contribution in [1.82, 2.24) is 10.3 Å². The number of aromatic nitrogens is 1. The predicted octanol–water partition coefficient (Wildman–Crippen LogP) is 2.99. The smallest absolute Gasteiger partial charge is 0.280 e. The number of fused-ring (bicyclic) bond motifs is 1. The van der Waals surface area contributed by atoms with E-state index in [1.54, 1.807) is 0 Å². The second-order valence-electron chi connectivity index (χ2n) is 6.03. The van der Waals surface area contributed by atoms with Crippen molar-refractivity contribution in [2.24, 2.45) is 5.41 Å². The van der Waals surface area contributed by atoms with Crippen molar-refractivity contribution in [3.63, 3.8) is 0 Å². The summed E-state index contributed by atoms with van der Waals surface area (Å²) in [6.45, 7) is 1.65. The fraction of sp³-hybridized carbons (Fsp3) is 0.500. The molecule has 2 fully saturated rings. The summed E-state index contributed by atoms with van der Waals surface area (Å²) in [5.74, 6) is -0.0215. The molecule has 1 saturated carbocycles. The SMILES string of the molecule is O=C(NC1CCC12CCOCC2)c1nc2ccccc2s1. The Labute approximate surface area is 127 Å². The quantitative estimate of drug-likeness (QED) is 0.928. The summed E-state index contributed by atoms with van der Waals surface area (Å²) < 4.78 is 6.52. The Morgan fingerprint density at radius 3 is 2.81 bits per heavy atom. The van der Waals surface area contributed by atoms with Crippen molar-refractivity contribution in [2.45, 2.75) is 31.7 Å². The first-order valence-corrected chi connectivity index (χ1v) is 8.33. The van der Waals surface area contributed by atoms with Gasteiger partial charge in [0.2, 0.25) is 0 Å². The lowest BCUT2D eigenvalue weighted by Gasteiger charge is -2.51. The predicted molar refractivity (Wildman–Crippen MR) is 82.6 cm³/mol. The highest BCUT2D eigenvalue weighted by Crippen LogP contribution is 2.48. The van der Waals surface area contributed by atoms with E-state index in [1.165, 1.54) is 17.8 Å². The van der Waals surface area contributed by atoms with Crippen LogP contribution in [0, 0.1) is 5.41 Å². The lowest BCUT2D eigenvalue weighted by atomic mass is 9.60. The minimum absolute atomic E-state index is 0.0215. The van der Waals surface area contributed by atoms with Gasteiger partial charge < -0.3 is 10.1 Å². The molecule has 1 aliphatic heterocycles. The van der Waals surface area contributed by atoms with Gasteiger partial charge in [-0.2, -0.15) is 0 Å². The summed E-state index contributed by atoms with van der Waals surface area (Å²) in [7, 11) is 0. The largest absolute Gasteiger partial charge is 0.381 e. The first-order valence-electron chi connectivity index (χ1n) is 7.51. The highest BCUT2D eigenvalue weighted by molar-refractivity contribution is 7.20. The molecule has 1 aromatic carbocycles. The van der Waals surface area contributed by atoms with Crippen LogP contribution in [0.1, 0.15) is 35.5 Å². The van der Waals surface area contributed by atoms with E-state index in [1.807, 2.05) is 24.3 Å². The van der Waals surface area contributed by atoms with E-state index in [-0.39, 0.29) is 11.3 Å². The molecule has 5 heteroatoms. The maximum atomic E-state index is 12.4. The summed E-state index contributed by atoms with van der Waals surface area (Å²) in [6, 6.07) is 8.18. The van der Waals surface area contributed by atoms with Crippen LogP contribution in [0.3, 0.4) is 0 Å². The zero-order valence-electron chi connectivity index (χ0n) is 11.8. The number of thiazole rings is 1. The molecule has 1 amide bonds. The molecule has 1 unspecified atom stereocenters. The number of nitrogens with one attached hydrogen (secondary N) is 1. The molecule has 1 spiro atoms. The van der Waals surface area contributed by atoms with Gasteiger partial charge in [0.15, 0.2) is 5.01 Å². The molecule has 1 aliphatic carbocycles. The van der Waals surface area contributed by atoms with Gasteiger partial charge in [-0.15, -0.1) is 11.3 Å². The van der Waals surface area contributed by atoms with Crippen LogP contribution in [0.25, 0.3) is 10.2 Å². The number of para-hydroxylation sites is 1. The van der Waals surface area contributed by atoms with Gasteiger partial charge in [0, 0.05) is 19.3 Å². The number of hydrogen-bond donors (Lipinski definition) is 1. The van der Waals surface area contributed by atoms with Gasteiger partial charge in [-0.05, 0) is 43.2 Å². The summed E-state index contributed by atoms with van der Waals surface area (Å²) in [5, 5.41) is 3.78. The maximum absolute atomic E-state index is 12.4. The van der Waals surface area contributed by atoms with Crippen molar-refractivity contribution in [1.29, 1.82) is 0 Å². The molecular weight excluding hydrogens is 284 g/mol. The third kappa shape index (κ3) is 2.24. The number of nitrogens with zero attached hydrogens (tertiary/aromatic N) is 1. The van der Waals surface area contributed by atoms with Crippen LogP contribution in [0.2, 0.25) is 0 Å². The molecule has 0 bridgehead atoms. The number of ether oxygens (including phenoxy) is 1. The van der Waals surface area contributed by atoms with Gasteiger partial charge in [0.1, 0.15) is 0 Å². The molecule has 2 aromatic rings. The second kappa shape index (κ2) is 5.07. The van der Waals surface area contributed by atoms with Gasteiger partial charge in [0.25, 0.3) is 5.91 Å². The molecule has 2 heterocycles. The van der Waals surface area contributed by atoms with Crippen molar-refractivity contribution in [3.05, 3.63) is 29.3 Å². The average molecular weight is 302 g/mol. The second-order valence-corrected chi connectivity index (χ2v) is 7.06. The molecule has 1 N–H and O–H groups in total. The standard InChI is InChI=1S/C16H18N2O2S/c19-14(15-17-11-3-1-2-4-12(11)21-15)18-13-5-6-16(13)7-9-20-10-8-16/h1-4,13H,5-10H2,(H,18,19). The van der Waals surface area contributed by atoms with Crippen LogP contribution in [0.15, 0.2) is 24.3 Å². The number of rotatable bonds is 2. The highest BCUT2D eigenvalue weighted by Gasteiger charge is 2.48. The van der Waals surface area contributed by atoms with E-state index in [0.717, 1.165) is 42.7 Å². The fourth-order valence-electron chi connectivity index (χ4n) is 3.49. The van der Waals surface area contributed by atoms with E-state index in [2.05, 4.69) is 10.3 Å². The fourth-order valence-corrected chi connectivity index (χ4v) is 4.36. The van der Waals surface area contributed by atoms with Crippen molar-refractivity contribution >= 4 is 27.5 Å². The van der Waals surface area contributed by atoms with E-state index >= 15 is 0 Å². The van der Waals surface area contributed by atoms with Gasteiger partial charge in [-0.1, -0.05) is 12.1 Å². The summed E-state index contributed by atoms with van der Waals surface area (Å²) in [4.78, 5) is 16.9. The molecule has 110 valence electrons. The summed E-state index contributed by atoms with van der Waals surface area (Å²) in [5.41, 5.74) is 1.19. The lowest BCUT2D eigenvalue weighted by Crippen LogP contribution is -2.57. The minimum Gasteiger partial charge on any atom is -0.381 e. The molecular formula is C16H18N2O2S. The molecule has 1 atom stereocenters. The number of hydrogen-bond acceptors (Lipinski definition) is 4. The van der Waals surface area contributed by atoms with Gasteiger partial charge in [0.05, 0.1) is 10.2 Å². The Morgan fingerprint density at radius 1 is 1.29 bits per heavy atom. The molecule has 4 rings (SSSR count). The van der Waals surface area contributed by atoms with Crippen LogP contribution in [-0.2, 0) is 4.74 Å². The monoisotopic (exact) mass is 302 g/mol. The number of benzene rings is 1. The van der Waals surface area contributed by atoms with Gasteiger partial charge >= 0.3 is 0 Å². The summed E-state index contributed by atoms with van der Waals surface area (Å²) >= 11 is 1.47. The normalized spacial score (nSPS) is 23.9. The molecule has 21 heavy (non-hydrogen) atoms. The maximum Gasteiger partial charge on any atom is 0.280 e. The lowest BCUT2D eigenvalue weighted by molar-refractivity contribution is -0.0523. The Balaban J connectivity index is 1.50. The topological polar surface area (TPSA) is 51.2 Å². The van der Waals surface area contributed by atoms with Crippen LogP contribution >= 0.6 is 11.3 Å². The number of carbonyl (C=O) groups excluding carboxylic acids is 1. The van der Waals surface area contributed by atoms with E-state index in [4.69, 9.17) is 4.74 Å². The first kappa shape index (κ1) is 13.2. The van der Waals surface area contributed by atoms with Gasteiger partial charge in [-0.3, -0.25) is 4.79 Å². The third-order valence-electron chi connectivity index (χ3n) is 4.95. The Morgan fingerprint density at radius 2 is 2.10 bits per heavy atom. The Kier molecular flexibility index (Phi) is 3.19. The minimum atomic E-state index is -0.0215. The van der Waals surface area contributed by atoms with Crippen LogP contribution in [0.5, 0.6) is 0 Å². The van der Waals surface area contributed by atoms with Crippen LogP contribution in [0.4, 0.5) is 0 Å². The summed E-state index contributed by atoms with van der Waals surface area (Å²) in [6.07, 6.45) is 4.42. The average Bonchev–Trinajstić information content (AvgIpc) is 2.96. The van der Waals surface area contributed by atoms with Crippen molar-refractivity contribution < 1.29 is 9.53 Å². The third-order valence-corrected chi connectivity index (χ3v) is 5.99. The Bertz CT molecular complexity index is 643. The Hall–Kier alpha value is -1.46. The van der Waals surface area contributed by atoms with Gasteiger partial charge in [-0.25, -0.2) is 4.98 Å². The van der Waals surface area contributed by atoms with E-state index in [0.29, 0.717) is 11.0 Å². The number of carbonyl (C=O) groups is 1. The van der Waals surface area contributed by atoms with E-state index in [9.17, 15) is 4.79 Å². The van der Waals surface area contributed by atoms with E-state index < -0.39 is 0 Å². The molecule has 0 radical (unpaired) electrons. The number of amides is 1.